The first-order valence-corrected chi connectivity index (χ1v) is 13.4. The molecule has 1 aromatic carbocycles. The molecule has 3 aromatic rings. The van der Waals surface area contributed by atoms with Crippen LogP contribution >= 0.6 is 11.3 Å². The van der Waals surface area contributed by atoms with Crippen LogP contribution in [0.1, 0.15) is 74.0 Å². The second kappa shape index (κ2) is 11.0. The maximum Gasteiger partial charge on any atom is 0.410 e. The molecule has 0 saturated carbocycles. The van der Waals surface area contributed by atoms with E-state index >= 15 is 0 Å². The molecule has 11 nitrogen and oxygen atoms in total. The summed E-state index contributed by atoms with van der Waals surface area (Å²) in [5, 5.41) is 9.48. The highest BCUT2D eigenvalue weighted by Crippen LogP contribution is 2.45. The number of carbonyl (C=O) groups excluding carboxylic acids is 3. The second-order valence-electron chi connectivity index (χ2n) is 9.12. The molecule has 2 aromatic heterocycles. The molecular formula is C26H25F3N4O7S. The minimum atomic E-state index is -4.66. The fourth-order valence-corrected chi connectivity index (χ4v) is 5.73. The number of esters is 2. The Morgan fingerprint density at radius 2 is 1.83 bits per heavy atom. The molecule has 2 atom stereocenters. The van der Waals surface area contributed by atoms with Gasteiger partial charge in [-0.3, -0.25) is 4.79 Å². The molecule has 1 amide bonds. The number of amides is 1. The average molecular weight is 595 g/mol. The highest BCUT2D eigenvalue weighted by Gasteiger charge is 2.47. The highest BCUT2D eigenvalue weighted by molar-refractivity contribution is 7.18. The van der Waals surface area contributed by atoms with E-state index in [-0.39, 0.29) is 58.9 Å². The number of aromatic nitrogens is 2. The molecule has 0 radical (unpaired) electrons. The summed E-state index contributed by atoms with van der Waals surface area (Å²) in [6.45, 7) is 4.88. The third-order valence-electron chi connectivity index (χ3n) is 6.54. The van der Waals surface area contributed by atoms with Crippen molar-refractivity contribution in [2.75, 3.05) is 30.6 Å². The van der Waals surface area contributed by atoms with Crippen molar-refractivity contribution in [1.29, 1.82) is 0 Å². The minimum Gasteiger partial charge on any atom is -0.462 e. The number of thiophene rings is 1. The summed E-state index contributed by atoms with van der Waals surface area (Å²) in [4.78, 5) is 38.4. The number of alkyl halides is 3. The number of benzene rings is 1. The van der Waals surface area contributed by atoms with Crippen molar-refractivity contribution in [2.45, 2.75) is 45.5 Å². The molecule has 41 heavy (non-hydrogen) atoms. The van der Waals surface area contributed by atoms with Crippen LogP contribution in [0.2, 0.25) is 0 Å². The second-order valence-corrected chi connectivity index (χ2v) is 10.1. The minimum absolute atomic E-state index is 0.0152. The number of halogens is 3. The van der Waals surface area contributed by atoms with E-state index < -0.39 is 36.1 Å². The first kappa shape index (κ1) is 28.3. The van der Waals surface area contributed by atoms with Gasteiger partial charge in [-0.05, 0) is 44.0 Å². The Kier molecular flexibility index (Phi) is 7.55. The van der Waals surface area contributed by atoms with Gasteiger partial charge in [-0.15, -0.1) is 11.3 Å². The molecule has 0 unspecified atom stereocenters. The van der Waals surface area contributed by atoms with Crippen LogP contribution in [-0.4, -0.2) is 53.8 Å². The Labute approximate surface area is 235 Å². The van der Waals surface area contributed by atoms with Crippen LogP contribution in [0.3, 0.4) is 0 Å². The zero-order valence-corrected chi connectivity index (χ0v) is 22.9. The van der Waals surface area contributed by atoms with Crippen molar-refractivity contribution in [3.63, 3.8) is 0 Å². The summed E-state index contributed by atoms with van der Waals surface area (Å²) in [5.74, 6) is -1.44. The van der Waals surface area contributed by atoms with Crippen molar-refractivity contribution in [1.82, 2.24) is 9.78 Å². The topological polar surface area (TPSA) is 130 Å². The Morgan fingerprint density at radius 1 is 1.12 bits per heavy atom. The summed E-state index contributed by atoms with van der Waals surface area (Å²) in [5.41, 5.74) is 0.413. The lowest BCUT2D eigenvalue weighted by atomic mass is 9.96. The van der Waals surface area contributed by atoms with Crippen LogP contribution in [0.25, 0.3) is 0 Å². The van der Waals surface area contributed by atoms with Crippen LogP contribution in [0.15, 0.2) is 24.3 Å². The predicted molar refractivity (Wildman–Crippen MR) is 140 cm³/mol. The number of hydrogen-bond acceptors (Lipinski definition) is 10. The molecular weight excluding hydrogens is 569 g/mol. The molecule has 218 valence electrons. The number of fused-ring (bicyclic) bond motifs is 2. The summed E-state index contributed by atoms with van der Waals surface area (Å²) in [6.07, 6.45) is -5.05. The molecule has 5 rings (SSSR count). The largest absolute Gasteiger partial charge is 0.462 e. The number of ether oxygens (including phenoxy) is 4. The molecule has 0 aliphatic carbocycles. The van der Waals surface area contributed by atoms with E-state index in [9.17, 15) is 27.6 Å². The fraction of sp³-hybridized carbons (Fsp3) is 0.385. The summed E-state index contributed by atoms with van der Waals surface area (Å²) >= 11 is 0.799. The van der Waals surface area contributed by atoms with Gasteiger partial charge in [0.2, 0.25) is 6.79 Å². The molecule has 2 aliphatic rings. The molecule has 0 bridgehead atoms. The van der Waals surface area contributed by atoms with Gasteiger partial charge >= 0.3 is 18.1 Å². The number of rotatable bonds is 7. The van der Waals surface area contributed by atoms with E-state index in [1.165, 1.54) is 13.0 Å². The van der Waals surface area contributed by atoms with Gasteiger partial charge in [0.15, 0.2) is 23.2 Å². The first-order valence-electron chi connectivity index (χ1n) is 12.6. The van der Waals surface area contributed by atoms with E-state index in [4.69, 9.17) is 18.9 Å². The Balaban J connectivity index is 1.46. The summed E-state index contributed by atoms with van der Waals surface area (Å²) < 4.78 is 64.0. The third kappa shape index (κ3) is 5.40. The first-order chi connectivity index (χ1) is 19.5. The van der Waals surface area contributed by atoms with Gasteiger partial charge in [0.05, 0.1) is 24.8 Å². The Hall–Kier alpha value is -4.27. The normalized spacial score (nSPS) is 17.4. The van der Waals surface area contributed by atoms with Gasteiger partial charge in [0, 0.05) is 12.5 Å². The lowest BCUT2D eigenvalue weighted by molar-refractivity contribution is -0.173. The van der Waals surface area contributed by atoms with Crippen molar-refractivity contribution in [3.8, 4) is 11.5 Å². The average Bonchev–Trinajstić information content (AvgIpc) is 3.64. The predicted octanol–water partition coefficient (Wildman–Crippen LogP) is 5.25. The molecule has 0 spiro atoms. The van der Waals surface area contributed by atoms with Crippen molar-refractivity contribution < 1.29 is 46.5 Å². The van der Waals surface area contributed by atoms with Crippen LogP contribution in [0.5, 0.6) is 11.5 Å². The molecule has 15 heteroatoms. The zero-order valence-electron chi connectivity index (χ0n) is 22.1. The highest BCUT2D eigenvalue weighted by atomic mass is 32.1. The Bertz CT molecular complexity index is 1520. The van der Waals surface area contributed by atoms with Crippen LogP contribution in [0, 0.1) is 6.92 Å². The fourth-order valence-electron chi connectivity index (χ4n) is 4.64. The maximum atomic E-state index is 14.2. The van der Waals surface area contributed by atoms with Crippen LogP contribution in [-0.2, 0) is 9.47 Å². The molecule has 4 heterocycles. The number of nitrogens with one attached hydrogen (secondary N) is 2. The standard InChI is InChI=1S/C26H25F3N4O7S/c1-4-37-24(35)20-12(3)21(25(36)38-5-2)41-23(20)31-22(34)15-10-19-30-14(9-18(26(27,28)29)33(19)32-15)13-6-7-16-17(8-13)40-11-39-16/h6-8,10,14,18,30H,4-5,9,11H2,1-3H3,(H,31,34)/t14-,18+/m1/s1. The number of hydrogen-bond donors (Lipinski definition) is 2. The SMILES string of the molecule is CCOC(=O)c1sc(NC(=O)c2cc3n(n2)[C@H](C(F)(F)F)C[C@H](c2ccc4c(c2)OCO4)N3)c(C(=O)OCC)c1C. The third-order valence-corrected chi connectivity index (χ3v) is 7.72. The quantitative estimate of drug-likeness (QED) is 0.353. The molecule has 0 saturated heterocycles. The van der Waals surface area contributed by atoms with Crippen LogP contribution in [0.4, 0.5) is 24.0 Å². The molecule has 2 N–H and O–H groups in total. The maximum absolute atomic E-state index is 14.2. The van der Waals surface area contributed by atoms with Gasteiger partial charge < -0.3 is 29.6 Å². The number of carbonyl (C=O) groups is 3. The van der Waals surface area contributed by atoms with E-state index in [0.717, 1.165) is 16.0 Å². The lowest BCUT2D eigenvalue weighted by Gasteiger charge is -2.33. The van der Waals surface area contributed by atoms with Gasteiger partial charge in [-0.25, -0.2) is 14.3 Å². The van der Waals surface area contributed by atoms with Crippen molar-refractivity contribution in [3.05, 3.63) is 51.5 Å². The van der Waals surface area contributed by atoms with E-state index in [1.807, 2.05) is 0 Å². The van der Waals surface area contributed by atoms with Gasteiger partial charge in [-0.1, -0.05) is 6.07 Å². The van der Waals surface area contributed by atoms with E-state index in [1.54, 1.807) is 32.0 Å². The number of anilines is 2. The lowest BCUT2D eigenvalue weighted by Crippen LogP contribution is -2.35. The monoisotopic (exact) mass is 594 g/mol. The Morgan fingerprint density at radius 3 is 2.54 bits per heavy atom. The van der Waals surface area contributed by atoms with Crippen LogP contribution < -0.4 is 20.1 Å². The zero-order chi connectivity index (χ0) is 29.5. The number of nitrogens with zero attached hydrogens (tertiary/aromatic N) is 2. The van der Waals surface area contributed by atoms with Crippen molar-refractivity contribution in [2.24, 2.45) is 0 Å². The molecule has 2 aliphatic heterocycles. The summed E-state index contributed by atoms with van der Waals surface area (Å²) in [6, 6.07) is 3.30. The van der Waals surface area contributed by atoms with Gasteiger partial charge in [-0.2, -0.15) is 18.3 Å². The van der Waals surface area contributed by atoms with E-state index in [2.05, 4.69) is 15.7 Å². The van der Waals surface area contributed by atoms with E-state index in [0.29, 0.717) is 17.1 Å². The molecule has 0 fully saturated rings. The summed E-state index contributed by atoms with van der Waals surface area (Å²) in [7, 11) is 0. The van der Waals surface area contributed by atoms with Gasteiger partial charge in [0.25, 0.3) is 5.91 Å². The smallest absolute Gasteiger partial charge is 0.410 e. The van der Waals surface area contributed by atoms with Crippen molar-refractivity contribution >= 4 is 40.0 Å². The van der Waals surface area contributed by atoms with Gasteiger partial charge in [0.1, 0.15) is 15.7 Å².